The number of urea groups is 1. The van der Waals surface area contributed by atoms with Crippen LogP contribution >= 0.6 is 0 Å². The lowest BCUT2D eigenvalue weighted by Gasteiger charge is -2.23. The lowest BCUT2D eigenvalue weighted by atomic mass is 10.2. The van der Waals surface area contributed by atoms with Gasteiger partial charge in [-0.2, -0.15) is 0 Å². The van der Waals surface area contributed by atoms with Crippen molar-refractivity contribution in [3.63, 3.8) is 0 Å². The van der Waals surface area contributed by atoms with E-state index >= 15 is 0 Å². The van der Waals surface area contributed by atoms with E-state index in [9.17, 15) is 9.59 Å². The number of rotatable bonds is 9. The molecule has 0 bridgehead atoms. The fourth-order valence-corrected chi connectivity index (χ4v) is 2.27. The van der Waals surface area contributed by atoms with Crippen LogP contribution in [0.1, 0.15) is 25.7 Å². The van der Waals surface area contributed by atoms with E-state index < -0.39 is 0 Å². The van der Waals surface area contributed by atoms with Gasteiger partial charge in [0.15, 0.2) is 5.96 Å². The van der Waals surface area contributed by atoms with Crippen LogP contribution in [0, 0.1) is 0 Å². The zero-order chi connectivity index (χ0) is 16.4. The van der Waals surface area contributed by atoms with Gasteiger partial charge in [-0.1, -0.05) is 12.5 Å². The number of unbranched alkanes of at least 4 members (excludes halogenated alkanes) is 3. The number of aliphatic imine (C=N–C) groups is 1. The number of hydrogen-bond donors (Lipinski definition) is 2. The number of carbonyl (C=O) groups is 2. The Hall–Kier alpha value is -2.05. The van der Waals surface area contributed by atoms with Crippen molar-refractivity contribution in [3.8, 4) is 0 Å². The van der Waals surface area contributed by atoms with Gasteiger partial charge < -0.3 is 15.5 Å². The highest BCUT2D eigenvalue weighted by molar-refractivity contribution is 6.01. The molecule has 0 aromatic heterocycles. The maximum absolute atomic E-state index is 11.5. The van der Waals surface area contributed by atoms with Crippen molar-refractivity contribution in [2.45, 2.75) is 25.7 Å². The summed E-state index contributed by atoms with van der Waals surface area (Å²) in [5.41, 5.74) is 0. The van der Waals surface area contributed by atoms with Gasteiger partial charge in [-0.3, -0.25) is 14.7 Å². The van der Waals surface area contributed by atoms with Gasteiger partial charge in [0.2, 0.25) is 5.91 Å². The number of nitrogens with one attached hydrogen (secondary N) is 2. The van der Waals surface area contributed by atoms with Gasteiger partial charge >= 0.3 is 6.03 Å². The molecule has 22 heavy (non-hydrogen) atoms. The van der Waals surface area contributed by atoms with Gasteiger partial charge in [0.25, 0.3) is 0 Å². The van der Waals surface area contributed by atoms with Gasteiger partial charge in [-0.25, -0.2) is 4.79 Å². The lowest BCUT2D eigenvalue weighted by Crippen LogP contribution is -2.44. The average molecular weight is 309 g/mol. The molecule has 0 saturated carbocycles. The van der Waals surface area contributed by atoms with Gasteiger partial charge in [-0.15, -0.1) is 6.58 Å². The molecule has 1 fully saturated rings. The van der Waals surface area contributed by atoms with E-state index in [0.29, 0.717) is 13.1 Å². The maximum Gasteiger partial charge on any atom is 0.324 e. The van der Waals surface area contributed by atoms with Crippen LogP contribution in [0.5, 0.6) is 0 Å². The minimum atomic E-state index is -0.322. The summed E-state index contributed by atoms with van der Waals surface area (Å²) >= 11 is 0. The smallest absolute Gasteiger partial charge is 0.324 e. The van der Waals surface area contributed by atoms with Crippen molar-refractivity contribution in [1.29, 1.82) is 0 Å². The molecule has 0 unspecified atom stereocenters. The number of nitrogens with zero attached hydrogens (tertiary/aromatic N) is 3. The molecule has 0 aromatic rings. The van der Waals surface area contributed by atoms with Gasteiger partial charge in [0, 0.05) is 33.7 Å². The molecule has 0 radical (unpaired) electrons. The first-order chi connectivity index (χ1) is 10.6. The van der Waals surface area contributed by atoms with Crippen LogP contribution in [0.4, 0.5) is 4.79 Å². The summed E-state index contributed by atoms with van der Waals surface area (Å²) in [6.07, 6.45) is 6.42. The van der Waals surface area contributed by atoms with Crippen molar-refractivity contribution >= 4 is 17.9 Å². The molecule has 3 amide bonds. The molecule has 0 spiro atoms. The monoisotopic (exact) mass is 309 g/mol. The Morgan fingerprint density at radius 3 is 2.82 bits per heavy atom. The number of carbonyl (C=O) groups excluding carboxylic acids is 2. The number of allylic oxidation sites excluding steroid dienone is 1. The van der Waals surface area contributed by atoms with E-state index in [-0.39, 0.29) is 18.5 Å². The van der Waals surface area contributed by atoms with Crippen molar-refractivity contribution < 1.29 is 9.59 Å². The van der Waals surface area contributed by atoms with Gasteiger partial charge in [0.05, 0.1) is 6.54 Å². The summed E-state index contributed by atoms with van der Waals surface area (Å²) in [5, 5.41) is 5.68. The molecule has 2 N–H and O–H groups in total. The number of amides is 3. The first-order valence-electron chi connectivity index (χ1n) is 7.71. The molecular weight excluding hydrogens is 282 g/mol. The molecule has 0 aromatic carbocycles. The van der Waals surface area contributed by atoms with Crippen LogP contribution in [0.2, 0.25) is 0 Å². The van der Waals surface area contributed by atoms with E-state index in [1.54, 1.807) is 7.05 Å². The highest BCUT2D eigenvalue weighted by Gasteiger charge is 2.27. The molecule has 124 valence electrons. The minimum absolute atomic E-state index is 0.0954. The normalized spacial score (nSPS) is 15.0. The molecule has 7 nitrogen and oxygen atoms in total. The van der Waals surface area contributed by atoms with Crippen molar-refractivity contribution in [2.24, 2.45) is 4.99 Å². The first-order valence-corrected chi connectivity index (χ1v) is 7.71. The van der Waals surface area contributed by atoms with Crippen LogP contribution in [0.3, 0.4) is 0 Å². The average Bonchev–Trinajstić information content (AvgIpc) is 2.82. The molecule has 0 atom stereocenters. The zero-order valence-electron chi connectivity index (χ0n) is 13.6. The Morgan fingerprint density at radius 1 is 1.45 bits per heavy atom. The standard InChI is InChI=1S/C15H27N5O2/c1-4-5-6-7-8-10-19(3)14(16-2)17-9-11-20-13(21)12-18-15(20)22/h4H,1,5-12H2,2-3H3,(H,16,17)(H,18,22). The Morgan fingerprint density at radius 2 is 2.23 bits per heavy atom. The zero-order valence-corrected chi connectivity index (χ0v) is 13.6. The lowest BCUT2D eigenvalue weighted by molar-refractivity contribution is -0.124. The molecule has 1 heterocycles. The second-order valence-electron chi connectivity index (χ2n) is 5.24. The predicted molar refractivity (Wildman–Crippen MR) is 87.8 cm³/mol. The van der Waals surface area contributed by atoms with E-state index in [1.807, 2.05) is 13.1 Å². The predicted octanol–water partition coefficient (Wildman–Crippen LogP) is 0.792. The van der Waals surface area contributed by atoms with Crippen molar-refractivity contribution in [2.75, 3.05) is 40.3 Å². The molecule has 1 aliphatic heterocycles. The fourth-order valence-electron chi connectivity index (χ4n) is 2.27. The second kappa shape index (κ2) is 9.81. The van der Waals surface area contributed by atoms with Crippen LogP contribution in [-0.4, -0.2) is 68.0 Å². The number of hydrogen-bond acceptors (Lipinski definition) is 3. The second-order valence-corrected chi connectivity index (χ2v) is 5.24. The van der Waals surface area contributed by atoms with E-state index in [4.69, 9.17) is 0 Å². The number of guanidine groups is 1. The molecule has 1 aliphatic rings. The van der Waals surface area contributed by atoms with E-state index in [2.05, 4.69) is 27.1 Å². The summed E-state index contributed by atoms with van der Waals surface area (Å²) < 4.78 is 0. The first kappa shape index (κ1) is 18.0. The molecule has 0 aliphatic carbocycles. The SMILES string of the molecule is C=CCCCCCN(C)C(=NC)NCCN1C(=O)CNC1=O. The van der Waals surface area contributed by atoms with Gasteiger partial charge in [0.1, 0.15) is 0 Å². The largest absolute Gasteiger partial charge is 0.354 e. The summed E-state index contributed by atoms with van der Waals surface area (Å²) in [7, 11) is 3.71. The van der Waals surface area contributed by atoms with Gasteiger partial charge in [-0.05, 0) is 19.3 Å². The number of imide groups is 1. The third-order valence-electron chi connectivity index (χ3n) is 3.53. The Bertz CT molecular complexity index is 406. The van der Waals surface area contributed by atoms with Crippen LogP contribution in [-0.2, 0) is 4.79 Å². The Labute approximate surface area is 132 Å². The highest BCUT2D eigenvalue weighted by Crippen LogP contribution is 2.02. The maximum atomic E-state index is 11.5. The van der Waals surface area contributed by atoms with E-state index in [1.165, 1.54) is 4.90 Å². The Kier molecular flexibility index (Phi) is 8.03. The third kappa shape index (κ3) is 5.75. The quantitative estimate of drug-likeness (QED) is 0.217. The highest BCUT2D eigenvalue weighted by atomic mass is 16.2. The fraction of sp³-hybridized carbons (Fsp3) is 0.667. The summed E-state index contributed by atoms with van der Waals surface area (Å²) in [6.45, 7) is 5.56. The summed E-state index contributed by atoms with van der Waals surface area (Å²) in [6, 6.07) is -0.322. The Balaban J connectivity index is 2.25. The van der Waals surface area contributed by atoms with E-state index in [0.717, 1.165) is 38.2 Å². The molecule has 1 saturated heterocycles. The topological polar surface area (TPSA) is 77.0 Å². The van der Waals surface area contributed by atoms with Crippen LogP contribution in [0.15, 0.2) is 17.6 Å². The summed E-state index contributed by atoms with van der Waals surface area (Å²) in [5.74, 6) is 0.591. The molecule has 1 rings (SSSR count). The molecule has 7 heteroatoms. The molecular formula is C15H27N5O2. The minimum Gasteiger partial charge on any atom is -0.354 e. The van der Waals surface area contributed by atoms with Crippen molar-refractivity contribution in [1.82, 2.24) is 20.4 Å². The summed E-state index contributed by atoms with van der Waals surface area (Å²) in [4.78, 5) is 30.4. The van der Waals surface area contributed by atoms with Crippen LogP contribution < -0.4 is 10.6 Å². The van der Waals surface area contributed by atoms with Crippen molar-refractivity contribution in [3.05, 3.63) is 12.7 Å². The van der Waals surface area contributed by atoms with Crippen LogP contribution in [0.25, 0.3) is 0 Å². The third-order valence-corrected chi connectivity index (χ3v) is 3.53.